The lowest BCUT2D eigenvalue weighted by atomic mass is 10.1. The summed E-state index contributed by atoms with van der Waals surface area (Å²) in [6, 6.07) is 11.9. The Labute approximate surface area is 154 Å². The number of methoxy groups -OCH3 is 1. The summed E-state index contributed by atoms with van der Waals surface area (Å²) in [5.74, 6) is 1.31. The standard InChI is InChI=1S/C19H16N2O2S2/c1-13-12-25-19(21-13)15(10-20)8-14-5-6-17(18(9-14)22-2)23-11-16-4-3-7-24-16/h3-9,12H,11H2,1-2H3/b15-8+. The second kappa shape index (κ2) is 7.97. The highest BCUT2D eigenvalue weighted by Crippen LogP contribution is 2.31. The van der Waals surface area contributed by atoms with Crippen LogP contribution in [0.1, 0.15) is 21.1 Å². The molecule has 2 aromatic heterocycles. The van der Waals surface area contributed by atoms with E-state index in [1.807, 2.05) is 54.1 Å². The number of hydrogen-bond acceptors (Lipinski definition) is 6. The number of ether oxygens (including phenoxy) is 2. The maximum atomic E-state index is 9.41. The number of allylic oxidation sites excluding steroid dienone is 1. The van der Waals surface area contributed by atoms with Crippen molar-refractivity contribution < 1.29 is 9.47 Å². The zero-order valence-electron chi connectivity index (χ0n) is 13.9. The summed E-state index contributed by atoms with van der Waals surface area (Å²) in [6.45, 7) is 2.42. The third kappa shape index (κ3) is 4.27. The second-order valence-corrected chi connectivity index (χ2v) is 7.13. The first kappa shape index (κ1) is 17.2. The minimum absolute atomic E-state index is 0.505. The molecule has 0 unspecified atom stereocenters. The first-order valence-corrected chi connectivity index (χ1v) is 9.33. The minimum Gasteiger partial charge on any atom is -0.493 e. The van der Waals surface area contributed by atoms with Gasteiger partial charge in [-0.15, -0.1) is 22.7 Å². The molecule has 4 nitrogen and oxygen atoms in total. The molecule has 2 heterocycles. The molecule has 0 amide bonds. The third-order valence-corrected chi connectivity index (χ3v) is 5.26. The maximum absolute atomic E-state index is 9.41. The highest BCUT2D eigenvalue weighted by molar-refractivity contribution is 7.11. The lowest BCUT2D eigenvalue weighted by Crippen LogP contribution is -1.96. The quantitative estimate of drug-likeness (QED) is 0.564. The Kier molecular flexibility index (Phi) is 5.49. The first-order valence-electron chi connectivity index (χ1n) is 7.57. The predicted molar refractivity (Wildman–Crippen MR) is 102 cm³/mol. The average Bonchev–Trinajstić information content (AvgIpc) is 3.30. The number of aromatic nitrogens is 1. The van der Waals surface area contributed by atoms with E-state index in [0.717, 1.165) is 21.1 Å². The molecule has 0 aliphatic rings. The van der Waals surface area contributed by atoms with Crippen LogP contribution in [0.15, 0.2) is 41.1 Å². The molecule has 0 saturated carbocycles. The number of aryl methyl sites for hydroxylation is 1. The van der Waals surface area contributed by atoms with Gasteiger partial charge < -0.3 is 9.47 Å². The summed E-state index contributed by atoms with van der Waals surface area (Å²) in [4.78, 5) is 5.52. The third-order valence-electron chi connectivity index (χ3n) is 3.42. The lowest BCUT2D eigenvalue weighted by Gasteiger charge is -2.10. The Morgan fingerprint density at radius 2 is 2.16 bits per heavy atom. The molecule has 3 rings (SSSR count). The van der Waals surface area contributed by atoms with Crippen molar-refractivity contribution >= 4 is 34.3 Å². The monoisotopic (exact) mass is 368 g/mol. The van der Waals surface area contributed by atoms with Gasteiger partial charge in [0.15, 0.2) is 11.5 Å². The maximum Gasteiger partial charge on any atom is 0.161 e. The van der Waals surface area contributed by atoms with Crippen LogP contribution in [0.3, 0.4) is 0 Å². The SMILES string of the molecule is COc1cc(/C=C(\C#N)c2nc(C)cs2)ccc1OCc1cccs1. The van der Waals surface area contributed by atoms with Crippen LogP contribution in [0.5, 0.6) is 11.5 Å². The normalized spacial score (nSPS) is 11.2. The Balaban J connectivity index is 1.83. The molecule has 0 N–H and O–H groups in total. The molecule has 0 saturated heterocycles. The van der Waals surface area contributed by atoms with E-state index in [-0.39, 0.29) is 0 Å². The Morgan fingerprint density at radius 1 is 1.28 bits per heavy atom. The highest BCUT2D eigenvalue weighted by Gasteiger charge is 2.09. The van der Waals surface area contributed by atoms with Gasteiger partial charge >= 0.3 is 0 Å². The summed E-state index contributed by atoms with van der Waals surface area (Å²) in [5, 5.41) is 14.1. The predicted octanol–water partition coefficient (Wildman–Crippen LogP) is 5.16. The van der Waals surface area contributed by atoms with Crippen molar-refractivity contribution in [3.63, 3.8) is 0 Å². The molecule has 0 aliphatic heterocycles. The van der Waals surface area contributed by atoms with Crippen LogP contribution in [0.2, 0.25) is 0 Å². The van der Waals surface area contributed by atoms with Crippen molar-refractivity contribution in [2.45, 2.75) is 13.5 Å². The molecular weight excluding hydrogens is 352 g/mol. The van der Waals surface area contributed by atoms with Crippen molar-refractivity contribution in [2.24, 2.45) is 0 Å². The van der Waals surface area contributed by atoms with Gasteiger partial charge in [0, 0.05) is 16.0 Å². The number of thiazole rings is 1. The zero-order chi connectivity index (χ0) is 17.6. The fourth-order valence-electron chi connectivity index (χ4n) is 2.22. The smallest absolute Gasteiger partial charge is 0.161 e. The molecule has 0 aliphatic carbocycles. The number of nitriles is 1. The highest BCUT2D eigenvalue weighted by atomic mass is 32.1. The number of thiophene rings is 1. The van der Waals surface area contributed by atoms with Crippen LogP contribution in [0, 0.1) is 18.3 Å². The zero-order valence-corrected chi connectivity index (χ0v) is 15.5. The van der Waals surface area contributed by atoms with Crippen molar-refractivity contribution in [1.29, 1.82) is 5.26 Å². The van der Waals surface area contributed by atoms with Crippen LogP contribution in [-0.2, 0) is 6.61 Å². The topological polar surface area (TPSA) is 55.1 Å². The van der Waals surface area contributed by atoms with Crippen LogP contribution < -0.4 is 9.47 Å². The van der Waals surface area contributed by atoms with Gasteiger partial charge in [0.05, 0.1) is 12.7 Å². The molecule has 0 spiro atoms. The van der Waals surface area contributed by atoms with Crippen molar-refractivity contribution in [2.75, 3.05) is 7.11 Å². The van der Waals surface area contributed by atoms with Gasteiger partial charge in [-0.25, -0.2) is 4.98 Å². The van der Waals surface area contributed by atoms with Gasteiger partial charge in [-0.3, -0.25) is 0 Å². The molecular formula is C19H16N2O2S2. The van der Waals surface area contributed by atoms with Crippen LogP contribution in [-0.4, -0.2) is 12.1 Å². The van der Waals surface area contributed by atoms with E-state index < -0.39 is 0 Å². The summed E-state index contributed by atoms with van der Waals surface area (Å²) in [7, 11) is 1.61. The van der Waals surface area contributed by atoms with Gasteiger partial charge in [0.2, 0.25) is 0 Å². The molecule has 25 heavy (non-hydrogen) atoms. The van der Waals surface area contributed by atoms with Gasteiger partial charge in [0.1, 0.15) is 17.7 Å². The first-order chi connectivity index (χ1) is 12.2. The summed E-state index contributed by atoms with van der Waals surface area (Å²) < 4.78 is 11.3. The van der Waals surface area contributed by atoms with E-state index in [0.29, 0.717) is 23.7 Å². The summed E-state index contributed by atoms with van der Waals surface area (Å²) in [5.41, 5.74) is 2.31. The lowest BCUT2D eigenvalue weighted by molar-refractivity contribution is 0.287. The van der Waals surface area contributed by atoms with Crippen molar-refractivity contribution in [3.8, 4) is 17.6 Å². The number of benzene rings is 1. The van der Waals surface area contributed by atoms with Crippen LogP contribution >= 0.6 is 22.7 Å². The number of nitrogens with zero attached hydrogens (tertiary/aromatic N) is 2. The van der Waals surface area contributed by atoms with E-state index in [2.05, 4.69) is 11.1 Å². The number of rotatable bonds is 6. The molecule has 1 aromatic carbocycles. The van der Waals surface area contributed by atoms with Crippen LogP contribution in [0.4, 0.5) is 0 Å². The van der Waals surface area contributed by atoms with Gasteiger partial charge in [-0.1, -0.05) is 12.1 Å². The minimum atomic E-state index is 0.505. The molecule has 126 valence electrons. The molecule has 0 atom stereocenters. The van der Waals surface area contributed by atoms with Crippen molar-refractivity contribution in [3.05, 3.63) is 62.2 Å². The fourth-order valence-corrected chi connectivity index (χ4v) is 3.60. The molecule has 0 bridgehead atoms. The molecule has 0 radical (unpaired) electrons. The van der Waals surface area contributed by atoms with E-state index in [4.69, 9.17) is 9.47 Å². The van der Waals surface area contributed by atoms with E-state index in [1.54, 1.807) is 18.4 Å². The molecule has 3 aromatic rings. The van der Waals surface area contributed by atoms with Gasteiger partial charge in [-0.2, -0.15) is 5.26 Å². The summed E-state index contributed by atoms with van der Waals surface area (Å²) in [6.07, 6.45) is 1.81. The largest absolute Gasteiger partial charge is 0.493 e. The number of hydrogen-bond donors (Lipinski definition) is 0. The van der Waals surface area contributed by atoms with E-state index in [1.165, 1.54) is 11.3 Å². The van der Waals surface area contributed by atoms with Gasteiger partial charge in [-0.05, 0) is 42.1 Å². The average molecular weight is 368 g/mol. The fraction of sp³-hybridized carbons (Fsp3) is 0.158. The Bertz CT molecular complexity index is 921. The van der Waals surface area contributed by atoms with Gasteiger partial charge in [0.25, 0.3) is 0 Å². The summed E-state index contributed by atoms with van der Waals surface area (Å²) >= 11 is 3.12. The van der Waals surface area contributed by atoms with E-state index >= 15 is 0 Å². The Morgan fingerprint density at radius 3 is 2.80 bits per heavy atom. The van der Waals surface area contributed by atoms with E-state index in [9.17, 15) is 5.26 Å². The molecule has 0 fully saturated rings. The van der Waals surface area contributed by atoms with Crippen molar-refractivity contribution in [1.82, 2.24) is 4.98 Å². The Hall–Kier alpha value is -2.62. The van der Waals surface area contributed by atoms with Crippen LogP contribution in [0.25, 0.3) is 11.6 Å². The second-order valence-electron chi connectivity index (χ2n) is 5.24. The molecule has 6 heteroatoms.